The van der Waals surface area contributed by atoms with Crippen molar-refractivity contribution in [2.24, 2.45) is 0 Å². The van der Waals surface area contributed by atoms with Crippen LogP contribution in [0.1, 0.15) is 5.56 Å². The lowest BCUT2D eigenvalue weighted by Gasteiger charge is -2.11. The smallest absolute Gasteiger partial charge is 0.435 e. The number of rotatable bonds is 8. The molecule has 162 valence electrons. The minimum atomic E-state index is -3.21. The van der Waals surface area contributed by atoms with Crippen molar-refractivity contribution >= 4 is 17.7 Å². The van der Waals surface area contributed by atoms with Gasteiger partial charge in [-0.15, -0.1) is 0 Å². The Labute approximate surface area is 171 Å². The van der Waals surface area contributed by atoms with E-state index in [0.717, 1.165) is 24.3 Å². The summed E-state index contributed by atoms with van der Waals surface area (Å²) in [6.07, 6.45) is 2.20. The molecule has 2 N–H and O–H groups in total. The maximum Gasteiger partial charge on any atom is 0.439 e. The normalized spacial score (nSPS) is 11.3. The second-order valence-corrected chi connectivity index (χ2v) is 5.80. The molecule has 12 heteroatoms. The molecule has 3 aromatic rings. The fourth-order valence-electron chi connectivity index (χ4n) is 2.47. The lowest BCUT2D eigenvalue weighted by atomic mass is 10.1. The van der Waals surface area contributed by atoms with E-state index in [0.29, 0.717) is 11.3 Å². The van der Waals surface area contributed by atoms with Crippen molar-refractivity contribution < 1.29 is 36.4 Å². The van der Waals surface area contributed by atoms with E-state index in [1.54, 1.807) is 18.2 Å². The van der Waals surface area contributed by atoms with Gasteiger partial charge >= 0.3 is 19.0 Å². The number of alkyl halides is 4. The molecule has 3 rings (SSSR count). The maximum absolute atomic E-state index is 12.6. The average molecular weight is 439 g/mol. The lowest BCUT2D eigenvalue weighted by Crippen LogP contribution is -2.08. The number of nitrogens with zero attached hydrogens (tertiary/aromatic N) is 1. The highest BCUT2D eigenvalue weighted by Crippen LogP contribution is 2.28. The number of hydrogen-bond acceptors (Lipinski definition) is 6. The quantitative estimate of drug-likeness (QED) is 0.408. The number of ether oxygens (including phenoxy) is 2. The van der Waals surface area contributed by atoms with Crippen LogP contribution in [0.25, 0.3) is 17.5 Å². The Bertz CT molecular complexity index is 1140. The second-order valence-electron chi connectivity index (χ2n) is 5.80. The molecule has 0 spiro atoms. The number of carbonyl (C=O) groups excluding carboxylic acids is 1. The molecule has 0 bridgehead atoms. The molecule has 0 radical (unpaired) electrons. The summed E-state index contributed by atoms with van der Waals surface area (Å²) in [5, 5.41) is 6.08. The first-order chi connectivity index (χ1) is 14.8. The molecule has 0 aliphatic heterocycles. The van der Waals surface area contributed by atoms with E-state index in [-0.39, 0.29) is 17.1 Å². The third-order valence-corrected chi connectivity index (χ3v) is 3.68. The Kier molecular flexibility index (Phi) is 6.70. The van der Waals surface area contributed by atoms with Gasteiger partial charge in [-0.2, -0.15) is 17.6 Å². The molecule has 8 nitrogen and oxygen atoms in total. The topological polar surface area (TPSA) is 106 Å². The predicted molar refractivity (Wildman–Crippen MR) is 99.9 cm³/mol. The summed E-state index contributed by atoms with van der Waals surface area (Å²) in [5.74, 6) is -2.03. The number of H-pyrrole nitrogens is 1. The van der Waals surface area contributed by atoms with Crippen LogP contribution in [-0.4, -0.2) is 29.3 Å². The predicted octanol–water partition coefficient (Wildman–Crippen LogP) is 3.88. The van der Waals surface area contributed by atoms with Gasteiger partial charge in [0, 0.05) is 29.0 Å². The molecule has 1 amide bonds. The van der Waals surface area contributed by atoms with Crippen LogP contribution in [0.2, 0.25) is 0 Å². The minimum absolute atomic E-state index is 0.0333. The average Bonchev–Trinajstić information content (AvgIpc) is 3.13. The van der Waals surface area contributed by atoms with E-state index >= 15 is 0 Å². The summed E-state index contributed by atoms with van der Waals surface area (Å²) in [6, 6.07) is 9.45. The van der Waals surface area contributed by atoms with Crippen LogP contribution in [0, 0.1) is 0 Å². The molecule has 0 aliphatic rings. The highest BCUT2D eigenvalue weighted by Gasteiger charge is 2.13. The van der Waals surface area contributed by atoms with Crippen molar-refractivity contribution in [3.8, 4) is 22.9 Å². The van der Waals surface area contributed by atoms with Crippen molar-refractivity contribution in [2.75, 3.05) is 5.32 Å². The van der Waals surface area contributed by atoms with Gasteiger partial charge in [0.2, 0.25) is 5.91 Å². The van der Waals surface area contributed by atoms with Crippen LogP contribution in [0.15, 0.2) is 57.9 Å². The van der Waals surface area contributed by atoms with E-state index in [1.165, 1.54) is 12.1 Å². The number of aromatic amines is 1. The summed E-state index contributed by atoms with van der Waals surface area (Å²) in [6.45, 7) is -6.36. The van der Waals surface area contributed by atoms with Gasteiger partial charge in [0.05, 0.1) is 0 Å². The maximum atomic E-state index is 12.6. The fraction of sp³-hybridized carbons (Fsp3) is 0.105. The van der Waals surface area contributed by atoms with Gasteiger partial charge in [-0.25, -0.2) is 4.79 Å². The van der Waals surface area contributed by atoms with E-state index in [2.05, 4.69) is 29.5 Å². The van der Waals surface area contributed by atoms with E-state index in [1.807, 2.05) is 0 Å². The van der Waals surface area contributed by atoms with Gasteiger partial charge in [-0.3, -0.25) is 14.3 Å². The van der Waals surface area contributed by atoms with Gasteiger partial charge < -0.3 is 14.8 Å². The molecule has 0 fully saturated rings. The van der Waals surface area contributed by atoms with E-state index in [9.17, 15) is 27.2 Å². The van der Waals surface area contributed by atoms with Gasteiger partial charge in [0.25, 0.3) is 0 Å². The molecular formula is C19H13F4N3O5. The molecule has 0 saturated carbocycles. The van der Waals surface area contributed by atoms with Crippen molar-refractivity contribution in [3.05, 3.63) is 64.7 Å². The van der Waals surface area contributed by atoms with Gasteiger partial charge in [0.15, 0.2) is 5.82 Å². The third-order valence-electron chi connectivity index (χ3n) is 3.68. The number of nitrogens with one attached hydrogen (secondary N) is 2. The largest absolute Gasteiger partial charge is 0.439 e. The van der Waals surface area contributed by atoms with Gasteiger partial charge in [-0.05, 0) is 30.3 Å². The van der Waals surface area contributed by atoms with Crippen molar-refractivity contribution in [3.63, 3.8) is 0 Å². The number of aromatic nitrogens is 2. The zero-order valence-corrected chi connectivity index (χ0v) is 15.4. The van der Waals surface area contributed by atoms with Crippen LogP contribution < -0.4 is 20.5 Å². The fourth-order valence-corrected chi connectivity index (χ4v) is 2.47. The number of benzene rings is 2. The molecule has 0 saturated heterocycles. The van der Waals surface area contributed by atoms with Crippen LogP contribution in [0.5, 0.6) is 11.5 Å². The summed E-state index contributed by atoms with van der Waals surface area (Å²) in [7, 11) is 0. The Morgan fingerprint density at radius 1 is 1.10 bits per heavy atom. The van der Waals surface area contributed by atoms with Crippen LogP contribution in [0.3, 0.4) is 0 Å². The van der Waals surface area contributed by atoms with Crippen LogP contribution >= 0.6 is 0 Å². The lowest BCUT2D eigenvalue weighted by molar-refractivity contribution is -0.111. The van der Waals surface area contributed by atoms with Crippen molar-refractivity contribution in [1.29, 1.82) is 0 Å². The summed E-state index contributed by atoms with van der Waals surface area (Å²) < 4.78 is 62.7. The first kappa shape index (κ1) is 21.6. The summed E-state index contributed by atoms with van der Waals surface area (Å²) >= 11 is 0. The van der Waals surface area contributed by atoms with Crippen LogP contribution in [0.4, 0.5) is 23.2 Å². The standard InChI is InChI=1S/C19H13F4N3O5/c20-17(21)29-13-6-4-10(14(9-13)30-18(22)23)5-7-15(27)24-12-3-1-2-11(8-12)16-25-19(28)31-26-16/h1-9,17-18H,(H,24,27)(H,25,26,28)/b7-5+. The molecule has 1 heterocycles. The van der Waals surface area contributed by atoms with Crippen molar-refractivity contribution in [1.82, 2.24) is 10.1 Å². The van der Waals surface area contributed by atoms with Gasteiger partial charge in [-0.1, -0.05) is 17.3 Å². The number of hydrogen-bond donors (Lipinski definition) is 2. The molecule has 0 aliphatic carbocycles. The molecule has 1 aromatic heterocycles. The molecule has 2 aromatic carbocycles. The molecule has 0 unspecified atom stereocenters. The van der Waals surface area contributed by atoms with E-state index in [4.69, 9.17) is 0 Å². The zero-order chi connectivity index (χ0) is 22.4. The Balaban J connectivity index is 1.74. The second kappa shape index (κ2) is 9.61. The summed E-state index contributed by atoms with van der Waals surface area (Å²) in [4.78, 5) is 25.6. The van der Waals surface area contributed by atoms with Gasteiger partial charge in [0.1, 0.15) is 11.5 Å². The van der Waals surface area contributed by atoms with Crippen molar-refractivity contribution in [2.45, 2.75) is 13.2 Å². The summed E-state index contributed by atoms with van der Waals surface area (Å²) in [5.41, 5.74) is 0.849. The number of anilines is 1. The first-order valence-electron chi connectivity index (χ1n) is 8.49. The van der Waals surface area contributed by atoms with Crippen LogP contribution in [-0.2, 0) is 4.79 Å². The number of halogens is 4. The van der Waals surface area contributed by atoms with E-state index < -0.39 is 30.6 Å². The monoisotopic (exact) mass is 439 g/mol. The SMILES string of the molecule is O=C(/C=C/c1ccc(OC(F)F)cc1OC(F)F)Nc1cccc(-c2noc(=O)[nH]2)c1. The first-order valence-corrected chi connectivity index (χ1v) is 8.49. The number of carbonyl (C=O) groups is 1. The third kappa shape index (κ3) is 6.19. The minimum Gasteiger partial charge on any atom is -0.435 e. The number of amides is 1. The Morgan fingerprint density at radius 2 is 1.87 bits per heavy atom. The Hall–Kier alpha value is -4.09. The highest BCUT2D eigenvalue weighted by atomic mass is 19.3. The zero-order valence-electron chi connectivity index (χ0n) is 15.4. The molecule has 31 heavy (non-hydrogen) atoms. The highest BCUT2D eigenvalue weighted by molar-refractivity contribution is 6.02. The Morgan fingerprint density at radius 3 is 2.55 bits per heavy atom. The molecular weight excluding hydrogens is 426 g/mol. The molecule has 0 atom stereocenters.